The number of aromatic amines is 1. The maximum absolute atomic E-state index is 12.9. The predicted molar refractivity (Wildman–Crippen MR) is 105 cm³/mol. The SMILES string of the molecule is O=C(N[C@@H](C(=O)Nc1ccccc1)C1CC1)c1c[nH]c2ncc(C3CC3)nc12. The van der Waals surface area contributed by atoms with E-state index in [2.05, 4.69) is 25.6 Å². The molecule has 2 saturated carbocycles. The van der Waals surface area contributed by atoms with E-state index in [1.165, 1.54) is 0 Å². The Bertz CT molecular complexity index is 1040. The highest BCUT2D eigenvalue weighted by atomic mass is 16.2. The second-order valence-corrected chi connectivity index (χ2v) is 7.61. The highest BCUT2D eigenvalue weighted by Crippen LogP contribution is 2.39. The molecule has 0 unspecified atom stereocenters. The van der Waals surface area contributed by atoms with Gasteiger partial charge in [0.2, 0.25) is 5.91 Å². The zero-order valence-electron chi connectivity index (χ0n) is 15.3. The molecule has 0 aliphatic heterocycles. The largest absolute Gasteiger partial charge is 0.344 e. The minimum Gasteiger partial charge on any atom is -0.344 e. The summed E-state index contributed by atoms with van der Waals surface area (Å²) in [6, 6.07) is 8.72. The number of carbonyl (C=O) groups is 2. The third-order valence-corrected chi connectivity index (χ3v) is 5.34. The van der Waals surface area contributed by atoms with E-state index in [-0.39, 0.29) is 17.7 Å². The van der Waals surface area contributed by atoms with Crippen LogP contribution in [0.25, 0.3) is 11.2 Å². The first kappa shape index (κ1) is 16.9. The molecule has 3 aromatic rings. The fraction of sp³-hybridized carbons (Fsp3) is 0.333. The number of benzene rings is 1. The van der Waals surface area contributed by atoms with Crippen molar-refractivity contribution in [3.63, 3.8) is 0 Å². The summed E-state index contributed by atoms with van der Waals surface area (Å²) >= 11 is 0. The van der Waals surface area contributed by atoms with Gasteiger partial charge in [-0.15, -0.1) is 0 Å². The maximum atomic E-state index is 12.9. The fourth-order valence-electron chi connectivity index (χ4n) is 3.44. The first-order chi connectivity index (χ1) is 13.7. The van der Waals surface area contributed by atoms with Gasteiger partial charge >= 0.3 is 0 Å². The first-order valence-electron chi connectivity index (χ1n) is 9.70. The van der Waals surface area contributed by atoms with E-state index in [0.29, 0.717) is 22.6 Å². The van der Waals surface area contributed by atoms with Crippen molar-refractivity contribution in [2.75, 3.05) is 5.32 Å². The maximum Gasteiger partial charge on any atom is 0.255 e. The van der Waals surface area contributed by atoms with Crippen molar-refractivity contribution in [3.05, 3.63) is 54.0 Å². The molecule has 2 aromatic heterocycles. The fourth-order valence-corrected chi connectivity index (χ4v) is 3.44. The van der Waals surface area contributed by atoms with Crippen molar-refractivity contribution in [1.82, 2.24) is 20.3 Å². The third-order valence-electron chi connectivity index (χ3n) is 5.34. The average molecular weight is 375 g/mol. The van der Waals surface area contributed by atoms with Gasteiger partial charge in [0, 0.05) is 17.8 Å². The number of aromatic nitrogens is 3. The third kappa shape index (κ3) is 3.35. The molecule has 0 spiro atoms. The summed E-state index contributed by atoms with van der Waals surface area (Å²) in [4.78, 5) is 37.7. The summed E-state index contributed by atoms with van der Waals surface area (Å²) in [5, 5.41) is 5.81. The molecule has 0 saturated heterocycles. The van der Waals surface area contributed by atoms with Crippen LogP contribution in [0.2, 0.25) is 0 Å². The van der Waals surface area contributed by atoms with E-state index in [1.807, 2.05) is 30.3 Å². The van der Waals surface area contributed by atoms with Crippen molar-refractivity contribution in [2.45, 2.75) is 37.6 Å². The van der Waals surface area contributed by atoms with Gasteiger partial charge in [-0.05, 0) is 43.7 Å². The summed E-state index contributed by atoms with van der Waals surface area (Å²) in [6.07, 6.45) is 7.51. The van der Waals surface area contributed by atoms with Gasteiger partial charge in [-0.2, -0.15) is 0 Å². The van der Waals surface area contributed by atoms with Crippen molar-refractivity contribution < 1.29 is 9.59 Å². The van der Waals surface area contributed by atoms with E-state index in [4.69, 9.17) is 0 Å². The lowest BCUT2D eigenvalue weighted by Crippen LogP contribution is -2.45. The van der Waals surface area contributed by atoms with Crippen molar-refractivity contribution in [1.29, 1.82) is 0 Å². The van der Waals surface area contributed by atoms with Gasteiger partial charge in [0.1, 0.15) is 11.6 Å². The normalized spacial score (nSPS) is 17.3. The Morgan fingerprint density at radius 3 is 2.61 bits per heavy atom. The van der Waals surface area contributed by atoms with Crippen LogP contribution in [-0.2, 0) is 4.79 Å². The van der Waals surface area contributed by atoms with Crippen LogP contribution in [0.4, 0.5) is 5.69 Å². The number of hydrogen-bond donors (Lipinski definition) is 3. The molecule has 2 amide bonds. The minimum atomic E-state index is -0.558. The van der Waals surface area contributed by atoms with E-state index in [1.54, 1.807) is 12.4 Å². The number of rotatable bonds is 6. The molecule has 3 N–H and O–H groups in total. The van der Waals surface area contributed by atoms with Crippen LogP contribution < -0.4 is 10.6 Å². The summed E-state index contributed by atoms with van der Waals surface area (Å²) in [6.45, 7) is 0. The van der Waals surface area contributed by atoms with E-state index in [0.717, 1.165) is 37.1 Å². The molecule has 28 heavy (non-hydrogen) atoms. The van der Waals surface area contributed by atoms with Gasteiger partial charge in [0.15, 0.2) is 5.65 Å². The topological polar surface area (TPSA) is 99.8 Å². The molecular weight excluding hydrogens is 354 g/mol. The number of amides is 2. The van der Waals surface area contributed by atoms with Crippen LogP contribution in [0.3, 0.4) is 0 Å². The number of nitrogens with zero attached hydrogens (tertiary/aromatic N) is 2. The molecule has 2 fully saturated rings. The number of para-hydroxylation sites is 1. The standard InChI is InChI=1S/C21H21N5O2/c27-20(15-10-22-19-18(15)25-16(11-23-19)12-6-7-12)26-17(13-8-9-13)21(28)24-14-4-2-1-3-5-14/h1-5,10-13,17H,6-9H2,(H,22,23)(H,24,28)(H,26,27)/t17-/m1/s1. The smallest absolute Gasteiger partial charge is 0.255 e. The number of carbonyl (C=O) groups excluding carboxylic acids is 2. The van der Waals surface area contributed by atoms with Crippen LogP contribution in [0.15, 0.2) is 42.7 Å². The summed E-state index contributed by atoms with van der Waals surface area (Å²) in [7, 11) is 0. The number of H-pyrrole nitrogens is 1. The van der Waals surface area contributed by atoms with Gasteiger partial charge < -0.3 is 15.6 Å². The second kappa shape index (κ2) is 6.74. The Hall–Kier alpha value is -3.22. The van der Waals surface area contributed by atoms with Gasteiger partial charge in [-0.1, -0.05) is 18.2 Å². The molecule has 2 aliphatic rings. The Balaban J connectivity index is 1.36. The Morgan fingerprint density at radius 1 is 1.11 bits per heavy atom. The second-order valence-electron chi connectivity index (χ2n) is 7.61. The number of nitrogens with one attached hydrogen (secondary N) is 3. The van der Waals surface area contributed by atoms with E-state index >= 15 is 0 Å². The van der Waals surface area contributed by atoms with Crippen molar-refractivity contribution in [3.8, 4) is 0 Å². The van der Waals surface area contributed by atoms with Crippen LogP contribution in [-0.4, -0.2) is 32.8 Å². The number of fused-ring (bicyclic) bond motifs is 1. The molecule has 2 heterocycles. The molecular formula is C21H21N5O2. The quantitative estimate of drug-likeness (QED) is 0.617. The van der Waals surface area contributed by atoms with E-state index < -0.39 is 6.04 Å². The Morgan fingerprint density at radius 2 is 1.89 bits per heavy atom. The summed E-state index contributed by atoms with van der Waals surface area (Å²) < 4.78 is 0. The Kier molecular flexibility index (Phi) is 4.07. The van der Waals surface area contributed by atoms with Crippen LogP contribution in [0.1, 0.15) is 47.7 Å². The monoisotopic (exact) mass is 375 g/mol. The van der Waals surface area contributed by atoms with Gasteiger partial charge in [-0.3, -0.25) is 9.59 Å². The zero-order valence-corrected chi connectivity index (χ0v) is 15.3. The van der Waals surface area contributed by atoms with Gasteiger partial charge in [0.25, 0.3) is 5.91 Å². The molecule has 5 rings (SSSR count). The number of anilines is 1. The molecule has 142 valence electrons. The zero-order chi connectivity index (χ0) is 19.1. The predicted octanol–water partition coefficient (Wildman–Crippen LogP) is 2.98. The highest BCUT2D eigenvalue weighted by Gasteiger charge is 2.38. The summed E-state index contributed by atoms with van der Waals surface area (Å²) in [5.74, 6) is 0.143. The van der Waals surface area contributed by atoms with E-state index in [9.17, 15) is 9.59 Å². The molecule has 7 nitrogen and oxygen atoms in total. The molecule has 0 bridgehead atoms. The lowest BCUT2D eigenvalue weighted by atomic mass is 10.1. The summed E-state index contributed by atoms with van der Waals surface area (Å²) in [5.41, 5.74) is 3.25. The molecule has 0 radical (unpaired) electrons. The minimum absolute atomic E-state index is 0.172. The highest BCUT2D eigenvalue weighted by molar-refractivity contribution is 6.07. The van der Waals surface area contributed by atoms with Gasteiger partial charge in [0.05, 0.1) is 17.5 Å². The first-order valence-corrected chi connectivity index (χ1v) is 9.70. The molecule has 7 heteroatoms. The lowest BCUT2D eigenvalue weighted by molar-refractivity contribution is -0.118. The van der Waals surface area contributed by atoms with Crippen LogP contribution in [0, 0.1) is 5.92 Å². The van der Waals surface area contributed by atoms with Crippen LogP contribution >= 0.6 is 0 Å². The molecule has 2 aliphatic carbocycles. The van der Waals surface area contributed by atoms with Crippen LogP contribution in [0.5, 0.6) is 0 Å². The van der Waals surface area contributed by atoms with Crippen molar-refractivity contribution >= 4 is 28.7 Å². The van der Waals surface area contributed by atoms with Gasteiger partial charge in [-0.25, -0.2) is 9.97 Å². The molecule has 1 atom stereocenters. The lowest BCUT2D eigenvalue weighted by Gasteiger charge is -2.17. The number of hydrogen-bond acceptors (Lipinski definition) is 4. The molecule has 1 aromatic carbocycles. The van der Waals surface area contributed by atoms with Crippen molar-refractivity contribution in [2.24, 2.45) is 5.92 Å². The average Bonchev–Trinajstić information content (AvgIpc) is 3.63. The Labute approximate surface area is 162 Å².